The fraction of sp³-hybridized carbons (Fsp3) is 0.235. The molecule has 0 heterocycles. The van der Waals surface area contributed by atoms with Gasteiger partial charge >= 0.3 is 5.97 Å². The molecule has 5 nitrogen and oxygen atoms in total. The number of benzene rings is 2. The van der Waals surface area contributed by atoms with Gasteiger partial charge in [-0.1, -0.05) is 36.4 Å². The Labute approximate surface area is 129 Å². The molecule has 0 amide bonds. The monoisotopic (exact) mass is 301 g/mol. The third-order valence-electron chi connectivity index (χ3n) is 3.24. The molecule has 0 aliphatic heterocycles. The number of aliphatic carboxylic acids is 1. The minimum absolute atomic E-state index is 0.237. The average molecular weight is 301 g/mol. The number of hydrogen-bond acceptors (Lipinski definition) is 4. The van der Waals surface area contributed by atoms with Crippen LogP contribution in [0.5, 0.6) is 11.5 Å². The van der Waals surface area contributed by atoms with Gasteiger partial charge in [-0.15, -0.1) is 0 Å². The van der Waals surface area contributed by atoms with Crippen LogP contribution in [-0.2, 0) is 17.8 Å². The molecule has 22 heavy (non-hydrogen) atoms. The smallest absolute Gasteiger partial charge is 0.320 e. The molecule has 0 aliphatic carbocycles. The zero-order chi connectivity index (χ0) is 15.9. The summed E-state index contributed by atoms with van der Waals surface area (Å²) in [4.78, 5) is 10.8. The first-order valence-electron chi connectivity index (χ1n) is 6.92. The van der Waals surface area contributed by atoms with E-state index in [1.54, 1.807) is 25.3 Å². The summed E-state index contributed by atoms with van der Waals surface area (Å²) in [6, 6.07) is 14.1. The molecule has 5 heteroatoms. The first kappa shape index (κ1) is 15.9. The van der Waals surface area contributed by atoms with Crippen molar-refractivity contribution in [3.05, 3.63) is 59.7 Å². The van der Waals surface area contributed by atoms with E-state index in [0.717, 1.165) is 11.1 Å². The number of methoxy groups -OCH3 is 1. The number of carboxylic acids is 1. The van der Waals surface area contributed by atoms with Crippen LogP contribution in [0.3, 0.4) is 0 Å². The predicted octanol–water partition coefficient (Wildman–Crippen LogP) is 2.23. The van der Waals surface area contributed by atoms with Crippen LogP contribution in [0.2, 0.25) is 0 Å². The maximum atomic E-state index is 10.8. The van der Waals surface area contributed by atoms with Crippen molar-refractivity contribution >= 4 is 5.97 Å². The van der Waals surface area contributed by atoms with Gasteiger partial charge in [-0.05, 0) is 29.7 Å². The van der Waals surface area contributed by atoms with Crippen LogP contribution in [0.1, 0.15) is 11.1 Å². The summed E-state index contributed by atoms with van der Waals surface area (Å²) in [6.45, 7) is 0.408. The van der Waals surface area contributed by atoms with E-state index >= 15 is 0 Å². The summed E-state index contributed by atoms with van der Waals surface area (Å²) in [5.41, 5.74) is 7.39. The summed E-state index contributed by atoms with van der Waals surface area (Å²) in [6.07, 6.45) is 0.237. The average Bonchev–Trinajstić information content (AvgIpc) is 2.54. The van der Waals surface area contributed by atoms with Crippen molar-refractivity contribution in [2.45, 2.75) is 19.1 Å². The van der Waals surface area contributed by atoms with E-state index in [4.69, 9.17) is 20.3 Å². The van der Waals surface area contributed by atoms with E-state index in [2.05, 4.69) is 0 Å². The molecule has 0 radical (unpaired) electrons. The van der Waals surface area contributed by atoms with Crippen molar-refractivity contribution in [2.24, 2.45) is 5.73 Å². The molecule has 0 aromatic heterocycles. The first-order valence-corrected chi connectivity index (χ1v) is 6.92. The van der Waals surface area contributed by atoms with Crippen molar-refractivity contribution in [2.75, 3.05) is 7.11 Å². The Kier molecular flexibility index (Phi) is 5.38. The Morgan fingerprint density at radius 2 is 1.86 bits per heavy atom. The summed E-state index contributed by atoms with van der Waals surface area (Å²) < 4.78 is 11.1. The molecule has 1 atom stereocenters. The highest BCUT2D eigenvalue weighted by Crippen LogP contribution is 2.29. The second-order valence-corrected chi connectivity index (χ2v) is 4.91. The molecule has 2 aromatic carbocycles. The van der Waals surface area contributed by atoms with Crippen LogP contribution in [0.25, 0.3) is 0 Å². The van der Waals surface area contributed by atoms with Crippen LogP contribution in [-0.4, -0.2) is 24.2 Å². The molecule has 0 bridgehead atoms. The van der Waals surface area contributed by atoms with E-state index in [1.165, 1.54) is 0 Å². The molecule has 116 valence electrons. The third-order valence-corrected chi connectivity index (χ3v) is 3.24. The highest BCUT2D eigenvalue weighted by molar-refractivity contribution is 5.73. The maximum absolute atomic E-state index is 10.8. The summed E-state index contributed by atoms with van der Waals surface area (Å²) >= 11 is 0. The van der Waals surface area contributed by atoms with Crippen LogP contribution >= 0.6 is 0 Å². The topological polar surface area (TPSA) is 81.8 Å². The number of rotatable bonds is 7. The molecule has 0 saturated heterocycles. The van der Waals surface area contributed by atoms with Crippen molar-refractivity contribution in [1.29, 1.82) is 0 Å². The second kappa shape index (κ2) is 7.47. The fourth-order valence-corrected chi connectivity index (χ4v) is 2.04. The first-order chi connectivity index (χ1) is 10.6. The minimum Gasteiger partial charge on any atom is -0.493 e. The van der Waals surface area contributed by atoms with Crippen LogP contribution in [0.4, 0.5) is 0 Å². The molecule has 0 aliphatic rings. The molecule has 2 aromatic rings. The Morgan fingerprint density at radius 3 is 2.50 bits per heavy atom. The van der Waals surface area contributed by atoms with Gasteiger partial charge in [0, 0.05) is 0 Å². The Balaban J connectivity index is 2.12. The Morgan fingerprint density at radius 1 is 1.14 bits per heavy atom. The van der Waals surface area contributed by atoms with E-state index in [9.17, 15) is 4.79 Å². The second-order valence-electron chi connectivity index (χ2n) is 4.91. The fourth-order valence-electron chi connectivity index (χ4n) is 2.04. The number of hydrogen-bond donors (Lipinski definition) is 2. The van der Waals surface area contributed by atoms with Gasteiger partial charge in [0.2, 0.25) is 0 Å². The van der Waals surface area contributed by atoms with Gasteiger partial charge in [0.05, 0.1) is 7.11 Å². The number of carboxylic acid groups (broad SMARTS) is 1. The highest BCUT2D eigenvalue weighted by atomic mass is 16.5. The van der Waals surface area contributed by atoms with E-state index in [0.29, 0.717) is 18.1 Å². The Hall–Kier alpha value is -2.53. The SMILES string of the molecule is COc1ccc(C[C@H](N)C(=O)O)cc1OCc1ccccc1. The zero-order valence-electron chi connectivity index (χ0n) is 12.4. The third kappa shape index (κ3) is 4.23. The van der Waals surface area contributed by atoms with Gasteiger partial charge in [0.1, 0.15) is 12.6 Å². The van der Waals surface area contributed by atoms with Crippen molar-refractivity contribution < 1.29 is 19.4 Å². The predicted molar refractivity (Wildman–Crippen MR) is 83.1 cm³/mol. The lowest BCUT2D eigenvalue weighted by atomic mass is 10.1. The lowest BCUT2D eigenvalue weighted by Crippen LogP contribution is -2.32. The van der Waals surface area contributed by atoms with Gasteiger partial charge in [-0.3, -0.25) is 4.79 Å². The molecular weight excluding hydrogens is 282 g/mol. The molecule has 2 rings (SSSR count). The standard InChI is InChI=1S/C17H19NO4/c1-21-15-8-7-13(9-14(18)17(19)20)10-16(15)22-11-12-5-3-2-4-6-12/h2-8,10,14H,9,11,18H2,1H3,(H,19,20)/t14-/m0/s1. The molecule has 3 N–H and O–H groups in total. The quantitative estimate of drug-likeness (QED) is 0.819. The highest BCUT2D eigenvalue weighted by Gasteiger charge is 2.14. The maximum Gasteiger partial charge on any atom is 0.320 e. The molecule has 0 fully saturated rings. The van der Waals surface area contributed by atoms with Gasteiger partial charge in [-0.25, -0.2) is 0 Å². The normalized spacial score (nSPS) is 11.7. The minimum atomic E-state index is -1.03. The van der Waals surface area contributed by atoms with Crippen LogP contribution in [0, 0.1) is 0 Å². The molecular formula is C17H19NO4. The molecule has 0 spiro atoms. The van der Waals surface area contributed by atoms with E-state index in [-0.39, 0.29) is 6.42 Å². The number of ether oxygens (including phenoxy) is 2. The lowest BCUT2D eigenvalue weighted by Gasteiger charge is -2.13. The van der Waals surface area contributed by atoms with Crippen molar-refractivity contribution in [3.63, 3.8) is 0 Å². The molecule has 0 saturated carbocycles. The summed E-state index contributed by atoms with van der Waals surface area (Å²) in [7, 11) is 1.56. The number of carbonyl (C=O) groups is 1. The van der Waals surface area contributed by atoms with Gasteiger partial charge < -0.3 is 20.3 Å². The molecule has 0 unspecified atom stereocenters. The van der Waals surface area contributed by atoms with E-state index in [1.807, 2.05) is 30.3 Å². The van der Waals surface area contributed by atoms with Gasteiger partial charge in [0.15, 0.2) is 11.5 Å². The largest absolute Gasteiger partial charge is 0.493 e. The summed E-state index contributed by atoms with van der Waals surface area (Å²) in [5, 5.41) is 8.88. The van der Waals surface area contributed by atoms with Crippen molar-refractivity contribution in [3.8, 4) is 11.5 Å². The summed E-state index contributed by atoms with van der Waals surface area (Å²) in [5.74, 6) is 0.146. The van der Waals surface area contributed by atoms with Gasteiger partial charge in [0.25, 0.3) is 0 Å². The van der Waals surface area contributed by atoms with Crippen molar-refractivity contribution in [1.82, 2.24) is 0 Å². The van der Waals surface area contributed by atoms with Gasteiger partial charge in [-0.2, -0.15) is 0 Å². The Bertz CT molecular complexity index is 628. The lowest BCUT2D eigenvalue weighted by molar-refractivity contribution is -0.138. The van der Waals surface area contributed by atoms with Crippen LogP contribution < -0.4 is 15.2 Å². The zero-order valence-corrected chi connectivity index (χ0v) is 12.4. The van der Waals surface area contributed by atoms with Crippen LogP contribution in [0.15, 0.2) is 48.5 Å². The van der Waals surface area contributed by atoms with E-state index < -0.39 is 12.0 Å². The number of nitrogens with two attached hydrogens (primary N) is 1.